The fraction of sp³-hybridized carbons (Fsp3) is 0.588. The predicted molar refractivity (Wildman–Crippen MR) is 84.1 cm³/mol. The van der Waals surface area contributed by atoms with Crippen molar-refractivity contribution in [1.82, 2.24) is 10.6 Å². The first-order valence-electron chi connectivity index (χ1n) is 7.87. The smallest absolute Gasteiger partial charge is 0.220 e. The van der Waals surface area contributed by atoms with E-state index in [1.54, 1.807) is 0 Å². The molecule has 0 aromatic heterocycles. The Morgan fingerprint density at radius 3 is 2.81 bits per heavy atom. The average Bonchev–Trinajstić information content (AvgIpc) is 2.86. The van der Waals surface area contributed by atoms with Crippen molar-refractivity contribution in [3.05, 3.63) is 35.9 Å². The van der Waals surface area contributed by atoms with Crippen molar-refractivity contribution in [1.29, 1.82) is 0 Å². The lowest BCUT2D eigenvalue weighted by Crippen LogP contribution is -2.44. The predicted octanol–water partition coefficient (Wildman–Crippen LogP) is 1.80. The first-order valence-corrected chi connectivity index (χ1v) is 7.87. The topological polar surface area (TPSA) is 61.4 Å². The molecule has 4 nitrogen and oxygen atoms in total. The van der Waals surface area contributed by atoms with Crippen LogP contribution in [0.25, 0.3) is 0 Å². The van der Waals surface area contributed by atoms with Crippen LogP contribution in [-0.2, 0) is 4.79 Å². The largest absolute Gasteiger partial charge is 0.389 e. The first-order chi connectivity index (χ1) is 10.1. The van der Waals surface area contributed by atoms with Gasteiger partial charge in [-0.05, 0) is 24.3 Å². The van der Waals surface area contributed by atoms with Gasteiger partial charge in [0.05, 0.1) is 12.1 Å². The monoisotopic (exact) mass is 290 g/mol. The van der Waals surface area contributed by atoms with Gasteiger partial charge in [-0.25, -0.2) is 0 Å². The molecule has 1 heterocycles. The highest BCUT2D eigenvalue weighted by Crippen LogP contribution is 2.23. The second-order valence-corrected chi connectivity index (χ2v) is 5.92. The molecule has 2 rings (SSSR count). The zero-order valence-electron chi connectivity index (χ0n) is 12.9. The van der Waals surface area contributed by atoms with E-state index in [1.165, 1.54) is 5.56 Å². The summed E-state index contributed by atoms with van der Waals surface area (Å²) < 4.78 is 0. The molecule has 3 N–H and O–H groups in total. The van der Waals surface area contributed by atoms with Gasteiger partial charge < -0.3 is 15.7 Å². The van der Waals surface area contributed by atoms with Crippen molar-refractivity contribution in [2.75, 3.05) is 6.54 Å². The summed E-state index contributed by atoms with van der Waals surface area (Å²) in [6.07, 6.45) is 1.89. The Morgan fingerprint density at radius 1 is 1.43 bits per heavy atom. The highest BCUT2D eigenvalue weighted by Gasteiger charge is 2.34. The lowest BCUT2D eigenvalue weighted by atomic mass is 9.93. The van der Waals surface area contributed by atoms with E-state index >= 15 is 0 Å². The highest BCUT2D eigenvalue weighted by atomic mass is 16.3. The van der Waals surface area contributed by atoms with Crippen molar-refractivity contribution < 1.29 is 9.90 Å². The molecule has 4 atom stereocenters. The molecule has 0 radical (unpaired) electrons. The maximum atomic E-state index is 11.4. The third-order valence-corrected chi connectivity index (χ3v) is 4.37. The maximum absolute atomic E-state index is 11.4. The fourth-order valence-corrected chi connectivity index (χ4v) is 2.90. The van der Waals surface area contributed by atoms with Crippen LogP contribution in [0.15, 0.2) is 30.3 Å². The van der Waals surface area contributed by atoms with Crippen LogP contribution < -0.4 is 10.6 Å². The summed E-state index contributed by atoms with van der Waals surface area (Å²) in [5.41, 5.74) is 1.33. The number of aliphatic hydroxyl groups is 1. The number of carbonyl (C=O) groups is 1. The van der Waals surface area contributed by atoms with Crippen molar-refractivity contribution >= 4 is 5.91 Å². The Morgan fingerprint density at radius 2 is 2.14 bits per heavy atom. The lowest BCUT2D eigenvalue weighted by molar-refractivity contribution is -0.122. The van der Waals surface area contributed by atoms with Crippen LogP contribution in [0.2, 0.25) is 0 Å². The van der Waals surface area contributed by atoms with Crippen LogP contribution in [0.3, 0.4) is 0 Å². The summed E-state index contributed by atoms with van der Waals surface area (Å²) in [4.78, 5) is 11.4. The molecule has 1 fully saturated rings. The minimum atomic E-state index is -0.497. The second-order valence-electron chi connectivity index (χ2n) is 5.92. The van der Waals surface area contributed by atoms with Gasteiger partial charge in [-0.15, -0.1) is 0 Å². The maximum Gasteiger partial charge on any atom is 0.220 e. The zero-order valence-corrected chi connectivity index (χ0v) is 12.9. The van der Waals surface area contributed by atoms with Gasteiger partial charge in [0.1, 0.15) is 0 Å². The molecular formula is C17H26N2O2. The molecule has 1 unspecified atom stereocenters. The molecule has 1 aromatic carbocycles. The van der Waals surface area contributed by atoms with Crippen molar-refractivity contribution in [2.45, 2.75) is 57.2 Å². The number of carbonyl (C=O) groups excluding carboxylic acids is 1. The van der Waals surface area contributed by atoms with Gasteiger partial charge in [0.2, 0.25) is 5.91 Å². The molecule has 1 aliphatic heterocycles. The van der Waals surface area contributed by atoms with Gasteiger partial charge in [0.15, 0.2) is 0 Å². The van der Waals surface area contributed by atoms with Crippen LogP contribution in [0.4, 0.5) is 0 Å². The molecule has 0 saturated carbocycles. The van der Waals surface area contributed by atoms with E-state index in [1.807, 2.05) is 13.0 Å². The average molecular weight is 290 g/mol. The third kappa shape index (κ3) is 4.29. The summed E-state index contributed by atoms with van der Waals surface area (Å²) in [6, 6.07) is 10.4. The molecule has 116 valence electrons. The van der Waals surface area contributed by atoms with E-state index in [0.717, 1.165) is 12.8 Å². The quantitative estimate of drug-likeness (QED) is 0.748. The molecule has 1 aromatic rings. The van der Waals surface area contributed by atoms with Gasteiger partial charge in [-0.3, -0.25) is 4.79 Å². The number of benzene rings is 1. The van der Waals surface area contributed by atoms with Crippen LogP contribution in [0.1, 0.15) is 44.6 Å². The number of aliphatic hydroxyl groups excluding tert-OH is 1. The third-order valence-electron chi connectivity index (χ3n) is 4.37. The Labute approximate surface area is 126 Å². The summed E-state index contributed by atoms with van der Waals surface area (Å²) in [6.45, 7) is 4.69. The van der Waals surface area contributed by atoms with E-state index in [-0.39, 0.29) is 18.0 Å². The van der Waals surface area contributed by atoms with E-state index in [4.69, 9.17) is 0 Å². The summed E-state index contributed by atoms with van der Waals surface area (Å²) in [5, 5.41) is 16.5. The summed E-state index contributed by atoms with van der Waals surface area (Å²) in [5.74, 6) is 0.476. The minimum Gasteiger partial charge on any atom is -0.389 e. The van der Waals surface area contributed by atoms with Crippen LogP contribution in [0, 0.1) is 0 Å². The molecule has 1 aliphatic rings. The summed E-state index contributed by atoms with van der Waals surface area (Å²) >= 11 is 0. The molecule has 1 amide bonds. The first kappa shape index (κ1) is 16.0. The van der Waals surface area contributed by atoms with Gasteiger partial charge in [0.25, 0.3) is 0 Å². The molecule has 0 spiro atoms. The molecular weight excluding hydrogens is 264 g/mol. The molecule has 21 heavy (non-hydrogen) atoms. The molecule has 0 bridgehead atoms. The number of hydrogen-bond acceptors (Lipinski definition) is 3. The second kappa shape index (κ2) is 7.57. The Hall–Kier alpha value is -1.39. The summed E-state index contributed by atoms with van der Waals surface area (Å²) in [7, 11) is 0. The van der Waals surface area contributed by atoms with Gasteiger partial charge in [-0.1, -0.05) is 44.2 Å². The minimum absolute atomic E-state index is 0.000784. The fourth-order valence-electron chi connectivity index (χ4n) is 2.90. The number of amides is 1. The zero-order chi connectivity index (χ0) is 15.2. The van der Waals surface area contributed by atoms with Gasteiger partial charge in [-0.2, -0.15) is 0 Å². The van der Waals surface area contributed by atoms with Crippen molar-refractivity contribution in [2.24, 2.45) is 0 Å². The van der Waals surface area contributed by atoms with Crippen LogP contribution >= 0.6 is 0 Å². The van der Waals surface area contributed by atoms with Crippen LogP contribution in [-0.4, -0.2) is 35.7 Å². The van der Waals surface area contributed by atoms with Crippen molar-refractivity contribution in [3.63, 3.8) is 0 Å². The molecule has 1 saturated heterocycles. The van der Waals surface area contributed by atoms with Crippen molar-refractivity contribution in [3.8, 4) is 0 Å². The van der Waals surface area contributed by atoms with Gasteiger partial charge in [0, 0.05) is 19.0 Å². The standard InChI is InChI=1S/C17H26N2O2/c1-3-16(20)19-15-11-18-14(17(15)21)10-9-12(2)13-7-5-4-6-8-13/h4-8,12,14-15,17-18,21H,3,9-11H2,1-2H3,(H,19,20)/t12?,14-,15-,17-/m0/s1. The number of hydrogen-bond donors (Lipinski definition) is 3. The number of nitrogens with one attached hydrogen (secondary N) is 2. The molecule has 0 aliphatic carbocycles. The van der Waals surface area contributed by atoms with E-state index in [2.05, 4.69) is 41.8 Å². The van der Waals surface area contributed by atoms with Crippen LogP contribution in [0.5, 0.6) is 0 Å². The van der Waals surface area contributed by atoms with E-state index in [0.29, 0.717) is 18.9 Å². The Balaban J connectivity index is 1.80. The number of rotatable bonds is 6. The van der Waals surface area contributed by atoms with E-state index < -0.39 is 6.10 Å². The SMILES string of the molecule is CCC(=O)N[C@H]1CN[C@@H](CCC(C)c2ccccc2)[C@@H]1O. The van der Waals surface area contributed by atoms with E-state index in [9.17, 15) is 9.90 Å². The highest BCUT2D eigenvalue weighted by molar-refractivity contribution is 5.76. The normalized spacial score (nSPS) is 26.5. The molecule has 4 heteroatoms. The Kier molecular flexibility index (Phi) is 5.76. The lowest BCUT2D eigenvalue weighted by Gasteiger charge is -2.21. The Bertz CT molecular complexity index is 449. The van der Waals surface area contributed by atoms with Gasteiger partial charge >= 0.3 is 0 Å².